The second-order valence-corrected chi connectivity index (χ2v) is 10.0. The number of nitrogens with one attached hydrogen (secondary N) is 1. The normalized spacial score (nSPS) is 11.8. The number of ether oxygens (including phenoxy) is 1. The first-order chi connectivity index (χ1) is 17.7. The number of anilines is 1. The number of fused-ring (bicyclic) bond motifs is 1. The second-order valence-electron chi connectivity index (χ2n) is 8.10. The molecule has 1 aromatic heterocycles. The molecule has 9 nitrogen and oxygen atoms in total. The summed E-state index contributed by atoms with van der Waals surface area (Å²) in [5.74, 6) is -0.580. The Morgan fingerprint density at radius 3 is 2.41 bits per heavy atom. The van der Waals surface area contributed by atoms with Crippen LogP contribution in [-0.4, -0.2) is 49.6 Å². The van der Waals surface area contributed by atoms with Gasteiger partial charge in [-0.3, -0.25) is 4.31 Å². The van der Waals surface area contributed by atoms with Gasteiger partial charge in [-0.05, 0) is 43.3 Å². The van der Waals surface area contributed by atoms with Gasteiger partial charge >= 0.3 is 5.97 Å². The number of hydrogen-bond acceptors (Lipinski definition) is 7. The van der Waals surface area contributed by atoms with E-state index in [-0.39, 0.29) is 19.0 Å². The molecule has 0 amide bonds. The fourth-order valence-corrected chi connectivity index (χ4v) is 4.71. The monoisotopic (exact) mass is 516 g/mol. The summed E-state index contributed by atoms with van der Waals surface area (Å²) in [6, 6.07) is 22.5. The number of hydrogen-bond donors (Lipinski definition) is 2. The van der Waals surface area contributed by atoms with Gasteiger partial charge in [-0.15, -0.1) is 0 Å². The van der Waals surface area contributed by atoms with Crippen LogP contribution in [0.2, 0.25) is 0 Å². The third-order valence-electron chi connectivity index (χ3n) is 5.57. The number of aromatic amines is 1. The number of carbonyl (C=O) groups is 1. The highest BCUT2D eigenvalue weighted by Crippen LogP contribution is 2.32. The Morgan fingerprint density at radius 1 is 1.08 bits per heavy atom. The molecule has 3 aromatic carbocycles. The summed E-state index contributed by atoms with van der Waals surface area (Å²) in [5, 5.41) is 20.6. The number of nitrogens with zero attached hydrogens (tertiary/aromatic N) is 3. The van der Waals surface area contributed by atoms with Gasteiger partial charge in [0.15, 0.2) is 5.88 Å². The Kier molecular flexibility index (Phi) is 7.27. The highest BCUT2D eigenvalue weighted by atomic mass is 32.2. The molecule has 0 aliphatic rings. The van der Waals surface area contributed by atoms with E-state index in [0.717, 1.165) is 16.1 Å². The summed E-state index contributed by atoms with van der Waals surface area (Å²) < 4.78 is 30.2. The van der Waals surface area contributed by atoms with E-state index in [2.05, 4.69) is 4.98 Å². The highest BCUT2D eigenvalue weighted by molar-refractivity contribution is 7.92. The van der Waals surface area contributed by atoms with Gasteiger partial charge in [0.1, 0.15) is 6.54 Å². The molecule has 0 aliphatic carbocycles. The van der Waals surface area contributed by atoms with Crippen LogP contribution in [0.3, 0.4) is 0 Å². The Morgan fingerprint density at radius 2 is 1.78 bits per heavy atom. The first-order valence-electron chi connectivity index (χ1n) is 11.3. The molecule has 4 aromatic rings. The second kappa shape index (κ2) is 10.6. The quantitative estimate of drug-likeness (QED) is 0.201. The van der Waals surface area contributed by atoms with Crippen molar-refractivity contribution < 1.29 is 23.1 Å². The average molecular weight is 517 g/mol. The van der Waals surface area contributed by atoms with Gasteiger partial charge in [0.2, 0.25) is 10.0 Å². The molecule has 0 saturated heterocycles. The lowest BCUT2D eigenvalue weighted by Gasteiger charge is -2.19. The third kappa shape index (κ3) is 5.47. The van der Waals surface area contributed by atoms with Crippen LogP contribution in [0.4, 0.5) is 11.4 Å². The van der Waals surface area contributed by atoms with Crippen LogP contribution < -0.4 is 4.31 Å². The molecule has 2 N–H and O–H groups in total. The first kappa shape index (κ1) is 25.5. The van der Waals surface area contributed by atoms with Crippen LogP contribution in [0.25, 0.3) is 10.9 Å². The van der Waals surface area contributed by atoms with Gasteiger partial charge in [0.05, 0.1) is 47.1 Å². The summed E-state index contributed by atoms with van der Waals surface area (Å²) >= 11 is 0. The Balaban J connectivity index is 1.83. The predicted octanol–water partition coefficient (Wildman–Crippen LogP) is 4.51. The lowest BCUT2D eigenvalue weighted by molar-refractivity contribution is 0.0526. The maximum atomic E-state index is 12.2. The van der Waals surface area contributed by atoms with E-state index >= 15 is 0 Å². The molecule has 37 heavy (non-hydrogen) atoms. The zero-order valence-electron chi connectivity index (χ0n) is 20.2. The minimum atomic E-state index is -3.63. The Bertz CT molecular complexity index is 1620. The van der Waals surface area contributed by atoms with Gasteiger partial charge in [0, 0.05) is 16.5 Å². The predicted molar refractivity (Wildman–Crippen MR) is 142 cm³/mol. The zero-order valence-corrected chi connectivity index (χ0v) is 21.0. The van der Waals surface area contributed by atoms with Gasteiger partial charge in [-0.25, -0.2) is 18.2 Å². The summed E-state index contributed by atoms with van der Waals surface area (Å²) in [5.41, 5.74) is 3.39. The third-order valence-corrected chi connectivity index (χ3v) is 6.71. The minimum absolute atomic E-state index is 0.118. The van der Waals surface area contributed by atoms with Crippen molar-refractivity contribution in [1.82, 2.24) is 4.98 Å². The van der Waals surface area contributed by atoms with Gasteiger partial charge in [-0.2, -0.15) is 5.26 Å². The van der Waals surface area contributed by atoms with E-state index in [1.807, 2.05) is 36.4 Å². The van der Waals surface area contributed by atoms with Gasteiger partial charge in [0.25, 0.3) is 0 Å². The molecular weight excluding hydrogens is 492 g/mol. The number of sulfonamides is 1. The van der Waals surface area contributed by atoms with Crippen molar-refractivity contribution >= 4 is 44.0 Å². The molecule has 0 unspecified atom stereocenters. The summed E-state index contributed by atoms with van der Waals surface area (Å²) in [7, 11) is -3.63. The van der Waals surface area contributed by atoms with Crippen molar-refractivity contribution in [2.75, 3.05) is 23.7 Å². The topological polar surface area (TPSA) is 136 Å². The number of nitriles is 1. The first-order valence-corrected chi connectivity index (χ1v) is 13.2. The maximum absolute atomic E-state index is 12.2. The van der Waals surface area contributed by atoms with Crippen LogP contribution in [0.5, 0.6) is 5.88 Å². The van der Waals surface area contributed by atoms with Crippen LogP contribution in [0.1, 0.15) is 28.4 Å². The van der Waals surface area contributed by atoms with Crippen molar-refractivity contribution in [2.24, 2.45) is 4.99 Å². The maximum Gasteiger partial charge on any atom is 0.338 e. The van der Waals surface area contributed by atoms with Crippen molar-refractivity contribution in [3.8, 4) is 11.9 Å². The van der Waals surface area contributed by atoms with Crippen molar-refractivity contribution in [1.29, 1.82) is 5.26 Å². The summed E-state index contributed by atoms with van der Waals surface area (Å²) in [6.07, 6.45) is 1.04. The molecule has 188 valence electrons. The van der Waals surface area contributed by atoms with E-state index in [4.69, 9.17) is 15.0 Å². The molecule has 0 spiro atoms. The number of H-pyrrole nitrogens is 1. The number of esters is 1. The van der Waals surface area contributed by atoms with E-state index in [1.165, 1.54) is 0 Å². The molecule has 0 radical (unpaired) electrons. The van der Waals surface area contributed by atoms with Gasteiger partial charge < -0.3 is 14.8 Å². The van der Waals surface area contributed by atoms with Crippen molar-refractivity contribution in [3.63, 3.8) is 0 Å². The standard InChI is InChI=1S/C27H24N4O5S/c1-3-36-27(33)19-9-14-22-23(17-19)30-26(32)24(22)25(18-7-5-4-6-8-18)29-20-10-12-21(13-11-20)31(16-15-28)37(2,34)35/h4-14,17,30,32H,3,16H2,1-2H3. The van der Waals surface area contributed by atoms with E-state index in [9.17, 15) is 18.3 Å². The van der Waals surface area contributed by atoms with Crippen LogP contribution in [-0.2, 0) is 14.8 Å². The minimum Gasteiger partial charge on any atom is -0.494 e. The number of aliphatic imine (C=N–C) groups is 1. The lowest BCUT2D eigenvalue weighted by Crippen LogP contribution is -2.30. The Labute approximate surface area is 214 Å². The largest absolute Gasteiger partial charge is 0.494 e. The Hall–Kier alpha value is -4.62. The number of aromatic nitrogens is 1. The summed E-state index contributed by atoms with van der Waals surface area (Å²) in [6.45, 7) is 1.67. The highest BCUT2D eigenvalue weighted by Gasteiger charge is 2.21. The molecule has 0 atom stereocenters. The fraction of sp³-hybridized carbons (Fsp3) is 0.148. The lowest BCUT2D eigenvalue weighted by atomic mass is 10.00. The molecule has 10 heteroatoms. The fourth-order valence-electron chi connectivity index (χ4n) is 3.91. The van der Waals surface area contributed by atoms with E-state index in [1.54, 1.807) is 49.4 Å². The average Bonchev–Trinajstić information content (AvgIpc) is 3.21. The number of carbonyl (C=O) groups excluding carboxylic acids is 1. The molecule has 1 heterocycles. The number of benzene rings is 3. The molecule has 4 rings (SSSR count). The van der Waals surface area contributed by atoms with Gasteiger partial charge in [-0.1, -0.05) is 36.4 Å². The number of rotatable bonds is 8. The SMILES string of the molecule is CCOC(=O)c1ccc2c(C(=Nc3ccc(N(CC#N)S(C)(=O)=O)cc3)c3ccccc3)c(O)[nH]c2c1. The van der Waals surface area contributed by atoms with E-state index < -0.39 is 16.0 Å². The zero-order chi connectivity index (χ0) is 26.6. The number of aromatic hydroxyl groups is 1. The van der Waals surface area contributed by atoms with Crippen LogP contribution in [0, 0.1) is 11.3 Å². The molecule has 0 fully saturated rings. The van der Waals surface area contributed by atoms with E-state index in [0.29, 0.717) is 39.1 Å². The molecule has 0 aliphatic heterocycles. The van der Waals surface area contributed by atoms with Crippen LogP contribution in [0.15, 0.2) is 77.8 Å². The smallest absolute Gasteiger partial charge is 0.338 e. The molecule has 0 bridgehead atoms. The van der Waals surface area contributed by atoms with Crippen LogP contribution >= 0.6 is 0 Å². The van der Waals surface area contributed by atoms with Crippen molar-refractivity contribution in [3.05, 3.63) is 89.5 Å². The van der Waals surface area contributed by atoms with Crippen molar-refractivity contribution in [2.45, 2.75) is 6.92 Å². The molecule has 0 saturated carbocycles. The summed E-state index contributed by atoms with van der Waals surface area (Å²) in [4.78, 5) is 19.9. The molecular formula is C27H24N4O5S.